The first-order valence-corrected chi connectivity index (χ1v) is 14.7. The number of phenolic OH excluding ortho intramolecular Hbond substituents is 2. The third-order valence-corrected chi connectivity index (χ3v) is 10.5. The van der Waals surface area contributed by atoms with Gasteiger partial charge in [0.15, 0.2) is 11.5 Å². The van der Waals surface area contributed by atoms with Crippen LogP contribution in [0.4, 0.5) is 0 Å². The Kier molecular flexibility index (Phi) is 6.53. The van der Waals surface area contributed by atoms with Gasteiger partial charge in [-0.1, -0.05) is 35.9 Å². The first-order chi connectivity index (χ1) is 19.2. The van der Waals surface area contributed by atoms with E-state index in [2.05, 4.69) is 26.9 Å². The maximum Gasteiger partial charge on any atom is 0.283 e. The molecule has 6 rings (SSSR count). The van der Waals surface area contributed by atoms with Gasteiger partial charge in [0.1, 0.15) is 26.9 Å². The van der Waals surface area contributed by atoms with Crippen LogP contribution in [0, 0.1) is 0 Å². The molecule has 41 heavy (non-hydrogen) atoms. The van der Waals surface area contributed by atoms with Gasteiger partial charge in [-0.3, -0.25) is 0 Å². The van der Waals surface area contributed by atoms with E-state index < -0.39 is 11.2 Å². The molecule has 2 unspecified atom stereocenters. The Labute approximate surface area is 248 Å². The number of para-hydroxylation sites is 1. The minimum absolute atomic E-state index is 0.00504. The summed E-state index contributed by atoms with van der Waals surface area (Å²) in [6.45, 7) is 9.44. The fraction of sp³-hybridized carbons (Fsp3) is 0.312. The molecule has 0 fully saturated rings. The Morgan fingerprint density at radius 2 is 1.66 bits per heavy atom. The number of fused-ring (bicyclic) bond motifs is 6. The molecule has 208 valence electrons. The van der Waals surface area contributed by atoms with E-state index in [-0.39, 0.29) is 22.6 Å². The molecule has 0 saturated carbocycles. The lowest BCUT2D eigenvalue weighted by Crippen LogP contribution is -2.49. The molecule has 5 nitrogen and oxygen atoms in total. The second-order valence-corrected chi connectivity index (χ2v) is 13.2. The van der Waals surface area contributed by atoms with Crippen molar-refractivity contribution in [1.29, 1.82) is 0 Å². The average Bonchev–Trinajstić information content (AvgIpc) is 3.50. The van der Waals surface area contributed by atoms with Gasteiger partial charge in [-0.05, 0) is 85.9 Å². The van der Waals surface area contributed by atoms with Crippen LogP contribution in [0.15, 0.2) is 63.5 Å². The summed E-state index contributed by atoms with van der Waals surface area (Å²) in [5, 5.41) is 35.0. The predicted octanol–water partition coefficient (Wildman–Crippen LogP) is 4.16. The van der Waals surface area contributed by atoms with E-state index in [0.29, 0.717) is 19.4 Å². The van der Waals surface area contributed by atoms with Crippen LogP contribution in [-0.2, 0) is 11.1 Å². The number of allylic oxidation sites excluding steroid dienone is 3. The third-order valence-electron chi connectivity index (χ3n) is 9.72. The van der Waals surface area contributed by atoms with Crippen molar-refractivity contribution >= 4 is 68.8 Å². The van der Waals surface area contributed by atoms with Crippen molar-refractivity contribution in [3.8, 4) is 22.6 Å². The van der Waals surface area contributed by atoms with Crippen molar-refractivity contribution in [2.75, 3.05) is 0 Å². The average molecular weight is 564 g/mol. The number of phenols is 2. The van der Waals surface area contributed by atoms with Gasteiger partial charge >= 0.3 is 0 Å². The van der Waals surface area contributed by atoms with Crippen molar-refractivity contribution in [2.45, 2.75) is 63.3 Å². The van der Waals surface area contributed by atoms with E-state index in [1.807, 2.05) is 52.0 Å². The van der Waals surface area contributed by atoms with E-state index in [1.54, 1.807) is 13.8 Å². The maximum absolute atomic E-state index is 11.3. The molecule has 0 bridgehead atoms. The summed E-state index contributed by atoms with van der Waals surface area (Å²) < 4.78 is 12.5. The molecular formula is C32H35B3O5S. The number of thiol groups is 1. The SMILES string of the molecule is BC1=C2Cc3c(O)c(O)c(B)c(-c4cccc5oc6ccccc6c45)c3C2=C(C)C(S)C1BOC(C)(C)C(C)(C)O. The third kappa shape index (κ3) is 4.11. The van der Waals surface area contributed by atoms with Crippen LogP contribution in [0.1, 0.15) is 45.7 Å². The largest absolute Gasteiger partial charge is 0.505 e. The van der Waals surface area contributed by atoms with Gasteiger partial charge in [0.05, 0.1) is 11.2 Å². The Morgan fingerprint density at radius 3 is 2.37 bits per heavy atom. The first-order valence-electron chi connectivity index (χ1n) is 14.2. The van der Waals surface area contributed by atoms with Crippen LogP contribution < -0.4 is 5.46 Å². The molecule has 0 radical (unpaired) electrons. The van der Waals surface area contributed by atoms with Gasteiger partial charge in [0.2, 0.25) is 0 Å². The topological polar surface area (TPSA) is 83.1 Å². The molecule has 3 aromatic carbocycles. The molecule has 1 heterocycles. The summed E-state index contributed by atoms with van der Waals surface area (Å²) in [5.74, 6) is -0.158. The number of hydrogen-bond acceptors (Lipinski definition) is 6. The molecule has 0 saturated heterocycles. The number of rotatable bonds is 5. The summed E-state index contributed by atoms with van der Waals surface area (Å²) in [6, 6.07) is 14.0. The van der Waals surface area contributed by atoms with Crippen molar-refractivity contribution in [1.82, 2.24) is 0 Å². The van der Waals surface area contributed by atoms with Crippen LogP contribution in [0.25, 0.3) is 38.6 Å². The number of aromatic hydroxyl groups is 2. The molecule has 2 atom stereocenters. The highest BCUT2D eigenvalue weighted by Crippen LogP contribution is 2.55. The first kappa shape index (κ1) is 28.1. The fourth-order valence-electron chi connectivity index (χ4n) is 6.45. The molecule has 2 aliphatic carbocycles. The van der Waals surface area contributed by atoms with Crippen molar-refractivity contribution in [3.05, 3.63) is 70.2 Å². The summed E-state index contributed by atoms with van der Waals surface area (Å²) in [5.41, 5.74) is 8.51. The lowest BCUT2D eigenvalue weighted by atomic mass is 9.59. The standard InChI is InChI=1S/C32H35B3O5S/c1-14-21-17(25(33)27(30(14)41)35-40-32(4,5)31(2,3)38)13-18-23(21)24(26(34)29(37)28(18)36)16-10-8-12-20-22(16)15-9-6-7-11-19(15)39-20/h6-12,27,30,35-38,41H,13,33-34H2,1-5H3. The van der Waals surface area contributed by atoms with Gasteiger partial charge in [-0.15, -0.1) is 5.47 Å². The number of aliphatic hydroxyl groups is 1. The van der Waals surface area contributed by atoms with Crippen LogP contribution in [0.3, 0.4) is 0 Å². The second-order valence-electron chi connectivity index (χ2n) is 12.7. The molecule has 0 aliphatic heterocycles. The molecular weight excluding hydrogens is 529 g/mol. The molecule has 1 aromatic heterocycles. The molecule has 2 aliphatic rings. The highest BCUT2D eigenvalue weighted by Gasteiger charge is 2.42. The quantitative estimate of drug-likeness (QED) is 0.167. The molecule has 4 aromatic rings. The van der Waals surface area contributed by atoms with Gasteiger partial charge < -0.3 is 24.4 Å². The van der Waals surface area contributed by atoms with Crippen LogP contribution >= 0.6 is 12.6 Å². The Bertz CT molecular complexity index is 1810. The van der Waals surface area contributed by atoms with E-state index >= 15 is 0 Å². The smallest absolute Gasteiger partial charge is 0.283 e. The van der Waals surface area contributed by atoms with Crippen LogP contribution in [0.2, 0.25) is 5.82 Å². The van der Waals surface area contributed by atoms with Gasteiger partial charge in [-0.2, -0.15) is 12.6 Å². The number of benzene rings is 3. The van der Waals surface area contributed by atoms with Crippen molar-refractivity contribution < 1.29 is 24.4 Å². The molecule has 0 amide bonds. The minimum Gasteiger partial charge on any atom is -0.505 e. The summed E-state index contributed by atoms with van der Waals surface area (Å²) in [6.07, 6.45) is 0.508. The minimum atomic E-state index is -1.01. The zero-order chi connectivity index (χ0) is 29.6. The molecule has 3 N–H and O–H groups in total. The highest BCUT2D eigenvalue weighted by molar-refractivity contribution is 7.81. The van der Waals surface area contributed by atoms with E-state index in [0.717, 1.165) is 66.4 Å². The van der Waals surface area contributed by atoms with Crippen LogP contribution in [-0.4, -0.2) is 54.9 Å². The van der Waals surface area contributed by atoms with E-state index in [4.69, 9.17) is 21.7 Å². The Balaban J connectivity index is 1.56. The van der Waals surface area contributed by atoms with E-state index in [1.165, 1.54) is 0 Å². The summed E-state index contributed by atoms with van der Waals surface area (Å²) in [7, 11) is 4.40. The van der Waals surface area contributed by atoms with Gasteiger partial charge in [-0.25, -0.2) is 0 Å². The fourth-order valence-corrected chi connectivity index (χ4v) is 6.89. The second kappa shape index (κ2) is 9.51. The lowest BCUT2D eigenvalue weighted by molar-refractivity contribution is -0.0907. The highest BCUT2D eigenvalue weighted by atomic mass is 32.1. The Hall–Kier alpha value is -3.00. The monoisotopic (exact) mass is 564 g/mol. The maximum atomic E-state index is 11.3. The van der Waals surface area contributed by atoms with Crippen LogP contribution in [0.5, 0.6) is 11.5 Å². The molecule has 9 heteroatoms. The zero-order valence-electron chi connectivity index (χ0n) is 24.7. The lowest BCUT2D eigenvalue weighted by Gasteiger charge is -2.40. The predicted molar refractivity (Wildman–Crippen MR) is 178 cm³/mol. The summed E-state index contributed by atoms with van der Waals surface area (Å²) >= 11 is 5.12. The van der Waals surface area contributed by atoms with Crippen molar-refractivity contribution in [3.63, 3.8) is 0 Å². The van der Waals surface area contributed by atoms with E-state index in [9.17, 15) is 15.3 Å². The normalized spacial score (nSPS) is 19.3. The van der Waals surface area contributed by atoms with Gasteiger partial charge in [0, 0.05) is 28.0 Å². The Morgan fingerprint density at radius 1 is 0.976 bits per heavy atom. The summed E-state index contributed by atoms with van der Waals surface area (Å²) in [4.78, 5) is 0. The van der Waals surface area contributed by atoms with Gasteiger partial charge in [0.25, 0.3) is 7.48 Å². The number of furan rings is 1. The zero-order valence-corrected chi connectivity index (χ0v) is 25.6. The van der Waals surface area contributed by atoms with Crippen molar-refractivity contribution in [2.24, 2.45) is 0 Å². The number of hydrogen-bond donors (Lipinski definition) is 4. The molecule has 0 spiro atoms.